The maximum atomic E-state index is 13.0. The van der Waals surface area contributed by atoms with Gasteiger partial charge in [-0.2, -0.15) is 0 Å². The van der Waals surface area contributed by atoms with Gasteiger partial charge in [0, 0.05) is 41.9 Å². The van der Waals surface area contributed by atoms with Crippen molar-refractivity contribution in [1.29, 1.82) is 0 Å². The summed E-state index contributed by atoms with van der Waals surface area (Å²) in [5.74, 6) is -0.353. The Balaban J connectivity index is 1.66. The first-order valence-corrected chi connectivity index (χ1v) is 8.40. The molecule has 1 amide bonds. The van der Waals surface area contributed by atoms with Crippen LogP contribution in [0.3, 0.4) is 0 Å². The Morgan fingerprint density at radius 3 is 2.30 bits per heavy atom. The van der Waals surface area contributed by atoms with Crippen molar-refractivity contribution in [1.82, 2.24) is 4.90 Å². The molecule has 0 saturated carbocycles. The van der Waals surface area contributed by atoms with Gasteiger partial charge in [-0.25, -0.2) is 4.39 Å². The second kappa shape index (κ2) is 6.71. The normalized spacial score (nSPS) is 14.9. The Morgan fingerprint density at radius 1 is 1.04 bits per heavy atom. The molecule has 2 aromatic rings. The number of piperazine rings is 1. The van der Waals surface area contributed by atoms with Crippen LogP contribution in [0, 0.1) is 12.7 Å². The van der Waals surface area contributed by atoms with Crippen molar-refractivity contribution in [3.63, 3.8) is 0 Å². The number of benzene rings is 2. The Bertz CT molecular complexity index is 709. The van der Waals surface area contributed by atoms with Gasteiger partial charge in [-0.3, -0.25) is 4.79 Å². The number of hydrogen-bond acceptors (Lipinski definition) is 2. The Morgan fingerprint density at radius 2 is 1.70 bits per heavy atom. The van der Waals surface area contributed by atoms with Gasteiger partial charge >= 0.3 is 0 Å². The lowest BCUT2D eigenvalue weighted by molar-refractivity contribution is 0.0746. The number of hydrogen-bond donors (Lipinski definition) is 0. The van der Waals surface area contributed by atoms with Gasteiger partial charge in [-0.15, -0.1) is 0 Å². The van der Waals surface area contributed by atoms with Crippen LogP contribution in [0.1, 0.15) is 15.9 Å². The molecular weight excluding hydrogens is 359 g/mol. The van der Waals surface area contributed by atoms with E-state index in [4.69, 9.17) is 0 Å². The molecule has 0 aliphatic carbocycles. The highest BCUT2D eigenvalue weighted by atomic mass is 79.9. The first-order valence-electron chi connectivity index (χ1n) is 7.60. The van der Waals surface area contributed by atoms with Crippen LogP contribution in [0.15, 0.2) is 46.9 Å². The van der Waals surface area contributed by atoms with E-state index in [1.807, 2.05) is 11.0 Å². The van der Waals surface area contributed by atoms with Crippen LogP contribution in [-0.4, -0.2) is 37.0 Å². The van der Waals surface area contributed by atoms with Crippen molar-refractivity contribution >= 4 is 27.5 Å². The van der Waals surface area contributed by atoms with E-state index in [2.05, 4.69) is 39.9 Å². The lowest BCUT2D eigenvalue weighted by Gasteiger charge is -2.37. The molecule has 0 aromatic heterocycles. The fourth-order valence-corrected chi connectivity index (χ4v) is 3.37. The summed E-state index contributed by atoms with van der Waals surface area (Å²) < 4.78 is 14.0. The maximum absolute atomic E-state index is 13.0. The average molecular weight is 377 g/mol. The van der Waals surface area contributed by atoms with Crippen LogP contribution >= 0.6 is 15.9 Å². The highest BCUT2D eigenvalue weighted by molar-refractivity contribution is 9.10. The molecule has 1 heterocycles. The lowest BCUT2D eigenvalue weighted by Crippen LogP contribution is -2.49. The summed E-state index contributed by atoms with van der Waals surface area (Å²) in [6.07, 6.45) is 0. The Hall–Kier alpha value is -1.88. The standard InChI is InChI=1S/C18H18BrFN2O/c1-13-12-15(19)4-7-17(13)21-8-10-22(11-9-21)18(23)14-2-5-16(20)6-3-14/h2-7,12H,8-11H2,1H3. The minimum Gasteiger partial charge on any atom is -0.368 e. The van der Waals surface area contributed by atoms with Crippen LogP contribution in [0.25, 0.3) is 0 Å². The fourth-order valence-electron chi connectivity index (χ4n) is 2.90. The Kier molecular flexibility index (Phi) is 4.66. The van der Waals surface area contributed by atoms with E-state index in [1.54, 1.807) is 12.1 Å². The minimum absolute atomic E-state index is 0.0304. The molecule has 2 aromatic carbocycles. The topological polar surface area (TPSA) is 23.6 Å². The zero-order chi connectivity index (χ0) is 16.4. The van der Waals surface area contributed by atoms with Gasteiger partial charge in [0.2, 0.25) is 0 Å². The van der Waals surface area contributed by atoms with Gasteiger partial charge in [0.25, 0.3) is 5.91 Å². The third kappa shape index (κ3) is 3.55. The summed E-state index contributed by atoms with van der Waals surface area (Å²) in [4.78, 5) is 16.6. The van der Waals surface area contributed by atoms with Crippen molar-refractivity contribution in [2.45, 2.75) is 6.92 Å². The van der Waals surface area contributed by atoms with Gasteiger partial charge in [0.1, 0.15) is 5.82 Å². The zero-order valence-electron chi connectivity index (χ0n) is 12.9. The molecule has 0 N–H and O–H groups in total. The van der Waals surface area contributed by atoms with Crippen molar-refractivity contribution in [2.24, 2.45) is 0 Å². The lowest BCUT2D eigenvalue weighted by atomic mass is 10.1. The number of nitrogens with zero attached hydrogens (tertiary/aromatic N) is 2. The number of carbonyl (C=O) groups is 1. The Labute approximate surface area is 143 Å². The molecule has 3 rings (SSSR count). The summed E-state index contributed by atoms with van der Waals surface area (Å²) in [6, 6.07) is 12.0. The maximum Gasteiger partial charge on any atom is 0.253 e. The molecular formula is C18H18BrFN2O. The molecule has 120 valence electrons. The molecule has 1 aliphatic rings. The van der Waals surface area contributed by atoms with Crippen LogP contribution in [0.4, 0.5) is 10.1 Å². The van der Waals surface area contributed by atoms with Crippen LogP contribution < -0.4 is 4.90 Å². The largest absolute Gasteiger partial charge is 0.368 e. The van der Waals surface area contributed by atoms with Crippen molar-refractivity contribution in [3.05, 3.63) is 63.9 Å². The molecule has 0 radical (unpaired) electrons. The summed E-state index contributed by atoms with van der Waals surface area (Å²) in [5, 5.41) is 0. The zero-order valence-corrected chi connectivity index (χ0v) is 14.5. The first kappa shape index (κ1) is 16.0. The molecule has 23 heavy (non-hydrogen) atoms. The third-order valence-corrected chi connectivity index (χ3v) is 4.65. The van der Waals surface area contributed by atoms with E-state index in [1.165, 1.54) is 23.4 Å². The van der Waals surface area contributed by atoms with E-state index >= 15 is 0 Å². The highest BCUT2D eigenvalue weighted by Crippen LogP contribution is 2.25. The fraction of sp³-hybridized carbons (Fsp3) is 0.278. The molecule has 1 aliphatic heterocycles. The number of anilines is 1. The quantitative estimate of drug-likeness (QED) is 0.794. The SMILES string of the molecule is Cc1cc(Br)ccc1N1CCN(C(=O)c2ccc(F)cc2)CC1. The van der Waals surface area contributed by atoms with Gasteiger partial charge in [-0.05, 0) is 55.0 Å². The first-order chi connectivity index (χ1) is 11.0. The van der Waals surface area contributed by atoms with Crippen molar-refractivity contribution in [3.8, 4) is 0 Å². The van der Waals surface area contributed by atoms with E-state index < -0.39 is 0 Å². The van der Waals surface area contributed by atoms with E-state index in [-0.39, 0.29) is 11.7 Å². The number of amides is 1. The second-order valence-corrected chi connectivity index (χ2v) is 6.63. The van der Waals surface area contributed by atoms with Crippen LogP contribution in [0.2, 0.25) is 0 Å². The smallest absolute Gasteiger partial charge is 0.253 e. The predicted molar refractivity (Wildman–Crippen MR) is 93.4 cm³/mol. The summed E-state index contributed by atoms with van der Waals surface area (Å²) in [5.41, 5.74) is 2.97. The molecule has 1 fully saturated rings. The van der Waals surface area contributed by atoms with Crippen LogP contribution in [-0.2, 0) is 0 Å². The molecule has 3 nitrogen and oxygen atoms in total. The van der Waals surface area contributed by atoms with Crippen molar-refractivity contribution < 1.29 is 9.18 Å². The van der Waals surface area contributed by atoms with E-state index in [9.17, 15) is 9.18 Å². The molecule has 0 atom stereocenters. The van der Waals surface area contributed by atoms with Gasteiger partial charge in [0.15, 0.2) is 0 Å². The number of carbonyl (C=O) groups excluding carboxylic acids is 1. The van der Waals surface area contributed by atoms with Crippen LogP contribution in [0.5, 0.6) is 0 Å². The van der Waals surface area contributed by atoms with Gasteiger partial charge in [0.05, 0.1) is 0 Å². The number of aryl methyl sites for hydroxylation is 1. The second-order valence-electron chi connectivity index (χ2n) is 5.72. The van der Waals surface area contributed by atoms with E-state index in [0.29, 0.717) is 18.7 Å². The van der Waals surface area contributed by atoms with E-state index in [0.717, 1.165) is 17.6 Å². The molecule has 1 saturated heterocycles. The summed E-state index contributed by atoms with van der Waals surface area (Å²) in [7, 11) is 0. The predicted octanol–water partition coefficient (Wildman–Crippen LogP) is 3.86. The van der Waals surface area contributed by atoms with Gasteiger partial charge < -0.3 is 9.80 Å². The van der Waals surface area contributed by atoms with Crippen molar-refractivity contribution in [2.75, 3.05) is 31.1 Å². The summed E-state index contributed by atoms with van der Waals surface area (Å²) in [6.45, 7) is 5.04. The monoisotopic (exact) mass is 376 g/mol. The average Bonchev–Trinajstić information content (AvgIpc) is 2.55. The molecule has 0 unspecified atom stereocenters. The summed E-state index contributed by atoms with van der Waals surface area (Å²) >= 11 is 3.48. The highest BCUT2D eigenvalue weighted by Gasteiger charge is 2.23. The molecule has 0 spiro atoms. The van der Waals surface area contributed by atoms with Gasteiger partial charge in [-0.1, -0.05) is 15.9 Å². The molecule has 0 bridgehead atoms. The molecule has 5 heteroatoms. The third-order valence-electron chi connectivity index (χ3n) is 4.16. The number of halogens is 2. The minimum atomic E-state index is -0.322. The number of rotatable bonds is 2.